The molecule has 0 atom stereocenters. The van der Waals surface area contributed by atoms with Gasteiger partial charge in [0, 0.05) is 6.92 Å². The van der Waals surface area contributed by atoms with Gasteiger partial charge in [0.25, 0.3) is 0 Å². The van der Waals surface area contributed by atoms with E-state index in [4.69, 9.17) is 18.9 Å². The second kappa shape index (κ2) is 27.0. The first kappa shape index (κ1) is 44.9. The Morgan fingerprint density at radius 2 is 0.756 bits per heavy atom. The summed E-state index contributed by atoms with van der Waals surface area (Å²) >= 11 is 0. The van der Waals surface area contributed by atoms with Gasteiger partial charge in [-0.05, 0) is 77.2 Å². The van der Waals surface area contributed by atoms with Gasteiger partial charge in [-0.3, -0.25) is 4.79 Å². The summed E-state index contributed by atoms with van der Waals surface area (Å²) in [6, 6.07) is 29.4. The number of methoxy groups -OCH3 is 1. The maximum atomic E-state index is 12.2. The van der Waals surface area contributed by atoms with Crippen LogP contribution in [0.25, 0.3) is 11.1 Å². The molecule has 4 rings (SSSR count). The molecule has 0 aliphatic carbocycles. The highest BCUT2D eigenvalue weighted by Gasteiger charge is 2.09. The Morgan fingerprint density at radius 1 is 0.467 bits per heavy atom. The SMILES string of the molecule is C.C.CC.CC.CC.CC.COc1ccc(-c2ccc(OC(=O)Oc3ccc(Cc4ccc(OC(C)=O)cc4)cc3)cc2)cc1. The topological polar surface area (TPSA) is 71.1 Å². The van der Waals surface area contributed by atoms with E-state index < -0.39 is 6.16 Å². The van der Waals surface area contributed by atoms with Gasteiger partial charge in [-0.1, -0.05) is 119 Å². The number of carbonyl (C=O) groups is 2. The zero-order valence-corrected chi connectivity index (χ0v) is 27.4. The van der Waals surface area contributed by atoms with Crippen LogP contribution < -0.4 is 18.9 Å². The Hall–Kier alpha value is -4.58. The van der Waals surface area contributed by atoms with Crippen molar-refractivity contribution in [3.05, 3.63) is 108 Å². The van der Waals surface area contributed by atoms with Crippen molar-refractivity contribution in [2.45, 2.75) is 83.6 Å². The lowest BCUT2D eigenvalue weighted by atomic mass is 10.0. The molecule has 45 heavy (non-hydrogen) atoms. The summed E-state index contributed by atoms with van der Waals surface area (Å²) < 4.78 is 20.8. The minimum absolute atomic E-state index is 0. The molecule has 4 aromatic carbocycles. The lowest BCUT2D eigenvalue weighted by molar-refractivity contribution is -0.131. The van der Waals surface area contributed by atoms with Gasteiger partial charge in [0.1, 0.15) is 23.0 Å². The van der Waals surface area contributed by atoms with Gasteiger partial charge in [0.05, 0.1) is 7.11 Å². The summed E-state index contributed by atoms with van der Waals surface area (Å²) in [5.74, 6) is 1.73. The lowest BCUT2D eigenvalue weighted by Crippen LogP contribution is -2.13. The molecule has 0 spiro atoms. The van der Waals surface area contributed by atoms with Crippen LogP contribution in [0.3, 0.4) is 0 Å². The monoisotopic (exact) mass is 620 g/mol. The first-order chi connectivity index (χ1) is 21.0. The van der Waals surface area contributed by atoms with Crippen molar-refractivity contribution < 1.29 is 28.5 Å². The third-order valence-electron chi connectivity index (χ3n) is 5.20. The number of benzene rings is 4. The third-order valence-corrected chi connectivity index (χ3v) is 5.20. The van der Waals surface area contributed by atoms with E-state index in [1.54, 1.807) is 43.5 Å². The summed E-state index contributed by atoms with van der Waals surface area (Å²) in [6.45, 7) is 17.4. The van der Waals surface area contributed by atoms with E-state index in [-0.39, 0.29) is 20.8 Å². The van der Waals surface area contributed by atoms with Crippen molar-refractivity contribution in [1.82, 2.24) is 0 Å². The molecule has 6 nitrogen and oxygen atoms in total. The van der Waals surface area contributed by atoms with E-state index in [9.17, 15) is 9.59 Å². The van der Waals surface area contributed by atoms with Crippen molar-refractivity contribution in [2.75, 3.05) is 7.11 Å². The van der Waals surface area contributed by atoms with Crippen LogP contribution in [0.1, 0.15) is 88.3 Å². The first-order valence-corrected chi connectivity index (χ1v) is 15.0. The largest absolute Gasteiger partial charge is 0.519 e. The van der Waals surface area contributed by atoms with E-state index in [0.29, 0.717) is 23.7 Å². The molecule has 0 aliphatic heterocycles. The second-order valence-corrected chi connectivity index (χ2v) is 7.77. The molecule has 0 radical (unpaired) electrons. The smallest absolute Gasteiger partial charge is 0.497 e. The summed E-state index contributed by atoms with van der Waals surface area (Å²) in [6.07, 6.45) is -0.123. The first-order valence-electron chi connectivity index (χ1n) is 15.0. The summed E-state index contributed by atoms with van der Waals surface area (Å²) in [4.78, 5) is 23.2. The number of hydrogen-bond acceptors (Lipinski definition) is 6. The van der Waals surface area contributed by atoms with Crippen molar-refractivity contribution in [2.24, 2.45) is 0 Å². The van der Waals surface area contributed by atoms with E-state index in [1.807, 2.05) is 116 Å². The Kier molecular flexibility index (Phi) is 26.9. The highest BCUT2D eigenvalue weighted by molar-refractivity contribution is 5.70. The molecule has 0 aliphatic rings. The van der Waals surface area contributed by atoms with Crippen molar-refractivity contribution >= 4 is 12.1 Å². The molecule has 248 valence electrons. The van der Waals surface area contributed by atoms with Gasteiger partial charge in [0.15, 0.2) is 0 Å². The van der Waals surface area contributed by atoms with Crippen molar-refractivity contribution in [3.63, 3.8) is 0 Å². The molecular formula is C39H56O6. The molecule has 0 saturated heterocycles. The molecule has 0 unspecified atom stereocenters. The van der Waals surface area contributed by atoms with Gasteiger partial charge in [-0.25, -0.2) is 4.79 Å². The van der Waals surface area contributed by atoms with Gasteiger partial charge in [0.2, 0.25) is 0 Å². The highest BCUT2D eigenvalue weighted by atomic mass is 16.7. The second-order valence-electron chi connectivity index (χ2n) is 7.77. The average molecular weight is 621 g/mol. The summed E-state index contributed by atoms with van der Waals surface area (Å²) in [7, 11) is 1.63. The Bertz CT molecular complexity index is 1280. The van der Waals surface area contributed by atoms with Crippen LogP contribution in [0.15, 0.2) is 97.1 Å². The minimum atomic E-state index is -0.809. The fourth-order valence-corrected chi connectivity index (χ4v) is 3.46. The van der Waals surface area contributed by atoms with Crippen LogP contribution in [0.2, 0.25) is 0 Å². The molecule has 0 bridgehead atoms. The van der Waals surface area contributed by atoms with Crippen LogP contribution in [0.4, 0.5) is 4.79 Å². The quantitative estimate of drug-likeness (QED) is 0.116. The highest BCUT2D eigenvalue weighted by Crippen LogP contribution is 2.25. The average Bonchev–Trinajstić information content (AvgIpc) is 3.07. The van der Waals surface area contributed by atoms with E-state index in [2.05, 4.69) is 0 Å². The van der Waals surface area contributed by atoms with Gasteiger partial charge in [-0.15, -0.1) is 0 Å². The van der Waals surface area contributed by atoms with E-state index in [1.165, 1.54) is 6.92 Å². The normalized spacial score (nSPS) is 8.58. The number of esters is 1. The van der Waals surface area contributed by atoms with Crippen LogP contribution in [0, 0.1) is 0 Å². The molecule has 6 heteroatoms. The molecular weight excluding hydrogens is 564 g/mol. The van der Waals surface area contributed by atoms with Crippen LogP contribution in [-0.4, -0.2) is 19.2 Å². The van der Waals surface area contributed by atoms with E-state index in [0.717, 1.165) is 28.0 Å². The maximum absolute atomic E-state index is 12.2. The van der Waals surface area contributed by atoms with Gasteiger partial charge < -0.3 is 18.9 Å². The Balaban J connectivity index is -0.00000164. The van der Waals surface area contributed by atoms with Crippen molar-refractivity contribution in [1.29, 1.82) is 0 Å². The number of carbonyl (C=O) groups excluding carboxylic acids is 2. The van der Waals surface area contributed by atoms with Crippen LogP contribution in [-0.2, 0) is 11.2 Å². The summed E-state index contributed by atoms with van der Waals surface area (Å²) in [5.41, 5.74) is 4.12. The molecule has 0 amide bonds. The number of hydrogen-bond donors (Lipinski definition) is 0. The number of rotatable bonds is 7. The molecule has 4 aromatic rings. The predicted octanol–water partition coefficient (Wildman–Crippen LogP) is 11.8. The molecule has 0 N–H and O–H groups in total. The van der Waals surface area contributed by atoms with E-state index >= 15 is 0 Å². The van der Waals surface area contributed by atoms with Crippen LogP contribution in [0.5, 0.6) is 23.0 Å². The standard InChI is InChI=1S/C29H24O6.4C2H6.2CH4/c1-20(30)33-26-11-3-21(4-12-26)19-22-5-13-27(14-6-22)34-29(31)35-28-17-9-24(10-18-28)23-7-15-25(32-2)16-8-23;4*1-2;;/h3-18H,19H2,1-2H3;4*1-2H3;2*1H4. The fourth-order valence-electron chi connectivity index (χ4n) is 3.46. The maximum Gasteiger partial charge on any atom is 0.519 e. The van der Waals surface area contributed by atoms with Gasteiger partial charge >= 0.3 is 12.1 Å². The number of ether oxygens (including phenoxy) is 4. The molecule has 0 aromatic heterocycles. The predicted molar refractivity (Wildman–Crippen MR) is 191 cm³/mol. The lowest BCUT2D eigenvalue weighted by Gasteiger charge is -2.08. The Labute approximate surface area is 273 Å². The van der Waals surface area contributed by atoms with Crippen LogP contribution >= 0.6 is 0 Å². The molecule has 0 fully saturated rings. The van der Waals surface area contributed by atoms with Crippen molar-refractivity contribution in [3.8, 4) is 34.1 Å². The van der Waals surface area contributed by atoms with Gasteiger partial charge in [-0.2, -0.15) is 0 Å². The fraction of sp³-hybridized carbons (Fsp3) is 0.333. The summed E-state index contributed by atoms with van der Waals surface area (Å²) in [5, 5.41) is 0. The zero-order chi connectivity index (χ0) is 32.6. The Morgan fingerprint density at radius 3 is 1.07 bits per heavy atom. The minimum Gasteiger partial charge on any atom is -0.497 e. The molecule has 0 saturated carbocycles. The zero-order valence-electron chi connectivity index (χ0n) is 27.4. The third kappa shape index (κ3) is 16.7. The molecule has 0 heterocycles.